The first kappa shape index (κ1) is 18.3. The normalized spacial score (nSPS) is 55.0. The summed E-state index contributed by atoms with van der Waals surface area (Å²) in [5.74, 6) is -3.30. The van der Waals surface area contributed by atoms with E-state index in [1.807, 2.05) is 0 Å². The Bertz CT molecular complexity index is 743. The van der Waals surface area contributed by atoms with Crippen molar-refractivity contribution in [3.63, 3.8) is 0 Å². The van der Waals surface area contributed by atoms with Gasteiger partial charge in [-0.05, 0) is 19.3 Å². The molecule has 6 atom stereocenters. The number of ketones is 1. The molecule has 2 bridgehead atoms. The number of fused-ring (bicyclic) bond motifs is 1. The van der Waals surface area contributed by atoms with Crippen LogP contribution in [0.5, 0.6) is 0 Å². The van der Waals surface area contributed by atoms with E-state index in [0.29, 0.717) is 19.3 Å². The molecule has 144 valence electrons. The van der Waals surface area contributed by atoms with Crippen LogP contribution in [0.4, 0.5) is 0 Å². The molecular weight excluding hydrogens is 336 g/mol. The molecule has 3 aliphatic carbocycles. The number of carbonyl (C=O) groups is 1. The molecule has 4 aliphatic rings. The van der Waals surface area contributed by atoms with Crippen LogP contribution in [-0.4, -0.2) is 55.9 Å². The molecule has 0 spiro atoms. The second kappa shape index (κ2) is 4.67. The third-order valence-electron chi connectivity index (χ3n) is 7.84. The highest BCUT2D eigenvalue weighted by atomic mass is 16.7. The Hall–Kier alpha value is -1.05. The van der Waals surface area contributed by atoms with Crippen molar-refractivity contribution in [3.8, 4) is 0 Å². The summed E-state index contributed by atoms with van der Waals surface area (Å²) in [4.78, 5) is 13.3. The lowest BCUT2D eigenvalue weighted by atomic mass is 9.39. The molecule has 6 heteroatoms. The van der Waals surface area contributed by atoms with E-state index in [0.717, 1.165) is 0 Å². The maximum Gasteiger partial charge on any atom is 0.262 e. The fraction of sp³-hybridized carbons (Fsp3) is 0.750. The highest BCUT2D eigenvalue weighted by Crippen LogP contribution is 2.72. The smallest absolute Gasteiger partial charge is 0.262 e. The van der Waals surface area contributed by atoms with Crippen LogP contribution in [0.25, 0.3) is 0 Å². The summed E-state index contributed by atoms with van der Waals surface area (Å²) in [6.45, 7) is 8.93. The van der Waals surface area contributed by atoms with Crippen molar-refractivity contribution in [2.75, 3.05) is 6.61 Å². The van der Waals surface area contributed by atoms with Gasteiger partial charge in [0.1, 0.15) is 11.2 Å². The molecule has 0 unspecified atom stereocenters. The average molecular weight is 364 g/mol. The quantitative estimate of drug-likeness (QED) is 0.514. The Labute approximate surface area is 153 Å². The zero-order chi connectivity index (χ0) is 19.4. The lowest BCUT2D eigenvalue weighted by Crippen LogP contribution is -2.83. The third kappa shape index (κ3) is 1.53. The second-order valence-electron chi connectivity index (χ2n) is 9.55. The van der Waals surface area contributed by atoms with E-state index in [1.54, 1.807) is 32.9 Å². The van der Waals surface area contributed by atoms with Crippen LogP contribution in [0.1, 0.15) is 46.5 Å². The molecule has 0 aromatic carbocycles. The lowest BCUT2D eigenvalue weighted by Gasteiger charge is -2.66. The number of ether oxygens (including phenoxy) is 1. The number of rotatable bonds is 1. The van der Waals surface area contributed by atoms with E-state index in [9.17, 15) is 25.2 Å². The van der Waals surface area contributed by atoms with Crippen LogP contribution in [0.2, 0.25) is 0 Å². The Morgan fingerprint density at radius 3 is 2.50 bits per heavy atom. The second-order valence-corrected chi connectivity index (χ2v) is 9.55. The van der Waals surface area contributed by atoms with Gasteiger partial charge in [-0.15, -0.1) is 6.58 Å². The molecule has 0 aromatic rings. The van der Waals surface area contributed by atoms with E-state index >= 15 is 0 Å². The summed E-state index contributed by atoms with van der Waals surface area (Å²) in [5.41, 5.74) is -7.01. The molecule has 2 saturated carbocycles. The van der Waals surface area contributed by atoms with Crippen LogP contribution >= 0.6 is 0 Å². The summed E-state index contributed by atoms with van der Waals surface area (Å²) in [7, 11) is 0. The molecule has 0 amide bonds. The van der Waals surface area contributed by atoms with Crippen molar-refractivity contribution in [3.05, 3.63) is 24.3 Å². The fourth-order valence-electron chi connectivity index (χ4n) is 6.32. The van der Waals surface area contributed by atoms with Crippen LogP contribution < -0.4 is 0 Å². The highest BCUT2D eigenvalue weighted by molar-refractivity contribution is 6.06. The molecule has 0 aromatic heterocycles. The van der Waals surface area contributed by atoms with E-state index in [1.165, 1.54) is 0 Å². The molecule has 0 radical (unpaired) electrons. The van der Waals surface area contributed by atoms with E-state index in [2.05, 4.69) is 6.58 Å². The summed E-state index contributed by atoms with van der Waals surface area (Å²) in [6, 6.07) is 0. The molecule has 1 aliphatic heterocycles. The van der Waals surface area contributed by atoms with Crippen molar-refractivity contribution in [1.82, 2.24) is 0 Å². The summed E-state index contributed by atoms with van der Waals surface area (Å²) in [6.07, 6.45) is 3.67. The van der Waals surface area contributed by atoms with Crippen LogP contribution in [0.3, 0.4) is 0 Å². The van der Waals surface area contributed by atoms with Crippen LogP contribution in [0.15, 0.2) is 24.3 Å². The van der Waals surface area contributed by atoms with E-state index in [-0.39, 0.29) is 18.6 Å². The molecule has 3 fully saturated rings. The van der Waals surface area contributed by atoms with Crippen LogP contribution in [-0.2, 0) is 9.53 Å². The first-order valence-electron chi connectivity index (χ1n) is 9.26. The Morgan fingerprint density at radius 1 is 1.23 bits per heavy atom. The number of aliphatic hydroxyl groups is 4. The van der Waals surface area contributed by atoms with Crippen molar-refractivity contribution in [1.29, 1.82) is 0 Å². The van der Waals surface area contributed by atoms with Gasteiger partial charge in [0, 0.05) is 16.4 Å². The van der Waals surface area contributed by atoms with E-state index in [4.69, 9.17) is 4.74 Å². The topological polar surface area (TPSA) is 107 Å². The van der Waals surface area contributed by atoms with Gasteiger partial charge in [0.05, 0.1) is 18.1 Å². The first-order chi connectivity index (χ1) is 11.9. The Morgan fingerprint density at radius 2 is 1.88 bits per heavy atom. The minimum absolute atomic E-state index is 0.0685. The standard InChI is InChI=1S/C20H28O6/c1-5-16(4)9-12-14(22)19(24)20(25)15(2,3)7-6-8-17(20,11-26-19)18(12,23)13(21)10-16/h5,9,13,21,23-25H,1,6-8,10-11H2,2-4H3/t13-,16-,17+,18+,19-,20-/m1/s1. The van der Waals surface area contributed by atoms with Gasteiger partial charge in [-0.25, -0.2) is 0 Å². The van der Waals surface area contributed by atoms with Gasteiger partial charge in [-0.3, -0.25) is 4.79 Å². The third-order valence-corrected chi connectivity index (χ3v) is 7.84. The largest absolute Gasteiger partial charge is 0.390 e. The van der Waals surface area contributed by atoms with Gasteiger partial charge < -0.3 is 25.2 Å². The molecule has 4 N–H and O–H groups in total. The van der Waals surface area contributed by atoms with E-state index < -0.39 is 45.1 Å². The minimum atomic E-state index is -2.44. The molecule has 26 heavy (non-hydrogen) atoms. The summed E-state index contributed by atoms with van der Waals surface area (Å²) in [5, 5.41) is 46.0. The Kier molecular flexibility index (Phi) is 3.29. The van der Waals surface area contributed by atoms with Gasteiger partial charge in [-0.1, -0.05) is 39.3 Å². The fourth-order valence-corrected chi connectivity index (χ4v) is 6.32. The first-order valence-corrected chi connectivity index (χ1v) is 9.26. The lowest BCUT2D eigenvalue weighted by molar-refractivity contribution is -0.327. The average Bonchev–Trinajstić information content (AvgIpc) is 2.79. The number of carbonyl (C=O) groups excluding carboxylic acids is 1. The Balaban J connectivity index is 2.07. The SMILES string of the molecule is C=C[C@]1(C)C=C2C(=O)[C@@]3(O)OC[C@@]4(CCCC(C)(C)[C@@]43O)[C@@]2(O)[C@H](O)C1. The van der Waals surface area contributed by atoms with Crippen molar-refractivity contribution in [2.24, 2.45) is 16.2 Å². The minimum Gasteiger partial charge on any atom is -0.390 e. The number of aliphatic hydroxyl groups excluding tert-OH is 1. The predicted molar refractivity (Wildman–Crippen MR) is 92.9 cm³/mol. The summed E-state index contributed by atoms with van der Waals surface area (Å²) < 4.78 is 5.58. The van der Waals surface area contributed by atoms with Gasteiger partial charge in [0.2, 0.25) is 5.78 Å². The number of hydrogen-bond donors (Lipinski definition) is 4. The van der Waals surface area contributed by atoms with Crippen molar-refractivity contribution >= 4 is 5.78 Å². The zero-order valence-electron chi connectivity index (χ0n) is 15.6. The van der Waals surface area contributed by atoms with Crippen molar-refractivity contribution < 1.29 is 30.0 Å². The molecule has 4 rings (SSSR count). The van der Waals surface area contributed by atoms with Crippen molar-refractivity contribution in [2.45, 2.75) is 69.5 Å². The maximum absolute atomic E-state index is 13.3. The number of hydrogen-bond acceptors (Lipinski definition) is 6. The number of allylic oxidation sites excluding steroid dienone is 2. The zero-order valence-corrected chi connectivity index (χ0v) is 15.6. The molecule has 6 nitrogen and oxygen atoms in total. The number of Topliss-reactive ketones (excluding diaryl/α,β-unsaturated/α-hetero) is 1. The molecule has 1 saturated heterocycles. The highest BCUT2D eigenvalue weighted by Gasteiger charge is 2.88. The van der Waals surface area contributed by atoms with Gasteiger partial charge in [-0.2, -0.15) is 0 Å². The maximum atomic E-state index is 13.3. The molecular formula is C20H28O6. The monoisotopic (exact) mass is 364 g/mol. The van der Waals surface area contributed by atoms with Gasteiger partial charge >= 0.3 is 0 Å². The summed E-state index contributed by atoms with van der Waals surface area (Å²) >= 11 is 0. The predicted octanol–water partition coefficient (Wildman–Crippen LogP) is 0.830. The van der Waals surface area contributed by atoms with Gasteiger partial charge in [0.15, 0.2) is 0 Å². The van der Waals surface area contributed by atoms with Crippen LogP contribution in [0, 0.1) is 16.2 Å². The molecule has 1 heterocycles. The van der Waals surface area contributed by atoms with Gasteiger partial charge in [0.25, 0.3) is 5.79 Å².